The number of rotatable bonds is 10. The van der Waals surface area contributed by atoms with Gasteiger partial charge in [0.25, 0.3) is 0 Å². The van der Waals surface area contributed by atoms with Crippen LogP contribution in [0.15, 0.2) is 47.8 Å². The summed E-state index contributed by atoms with van der Waals surface area (Å²) in [6.45, 7) is 6.54. The first-order valence-electron chi connectivity index (χ1n) is 13.6. The zero-order valence-corrected chi connectivity index (χ0v) is 20.5. The van der Waals surface area contributed by atoms with Crippen LogP contribution in [-0.4, -0.2) is 53.0 Å². The molecule has 1 aromatic rings. The molecule has 34 heavy (non-hydrogen) atoms. The second kappa shape index (κ2) is 11.2. The molecule has 0 bridgehead atoms. The third-order valence-corrected chi connectivity index (χ3v) is 8.57. The number of hydrogen-bond donors (Lipinski definition) is 1. The van der Waals surface area contributed by atoms with Crippen LogP contribution >= 0.6 is 0 Å². The minimum absolute atomic E-state index is 0.176. The Morgan fingerprint density at radius 3 is 2.94 bits per heavy atom. The van der Waals surface area contributed by atoms with Gasteiger partial charge in [0, 0.05) is 43.7 Å². The van der Waals surface area contributed by atoms with Crippen LogP contribution in [0.4, 0.5) is 0 Å². The first-order chi connectivity index (χ1) is 16.7. The van der Waals surface area contributed by atoms with Crippen molar-refractivity contribution >= 4 is 6.21 Å². The summed E-state index contributed by atoms with van der Waals surface area (Å²) in [5.41, 5.74) is 2.29. The number of ether oxygens (including phenoxy) is 1. The average molecular weight is 464 g/mol. The van der Waals surface area contributed by atoms with Crippen molar-refractivity contribution in [2.24, 2.45) is 16.8 Å². The van der Waals surface area contributed by atoms with Crippen molar-refractivity contribution in [2.45, 2.75) is 88.3 Å². The second-order valence-electron chi connectivity index (χ2n) is 10.9. The van der Waals surface area contributed by atoms with Gasteiger partial charge in [0.1, 0.15) is 5.76 Å². The minimum Gasteiger partial charge on any atom is -0.511 e. The molecule has 5 rings (SSSR count). The molecule has 2 aliphatic heterocycles. The molecule has 2 aliphatic carbocycles. The Kier molecular flexibility index (Phi) is 7.80. The lowest BCUT2D eigenvalue weighted by molar-refractivity contribution is 0.0512. The zero-order chi connectivity index (χ0) is 23.3. The number of unbranched alkanes of at least 4 members (excludes halogenated alkanes) is 1. The predicted octanol–water partition coefficient (Wildman–Crippen LogP) is 6.15. The van der Waals surface area contributed by atoms with Crippen molar-refractivity contribution in [2.75, 3.05) is 19.7 Å². The fraction of sp³-hybridized carbons (Fsp3) is 0.655. The summed E-state index contributed by atoms with van der Waals surface area (Å²) in [5.74, 6) is 2.27. The molecule has 3 fully saturated rings. The number of dihydropyridines is 1. The van der Waals surface area contributed by atoms with Gasteiger partial charge in [-0.1, -0.05) is 38.0 Å². The van der Waals surface area contributed by atoms with E-state index in [0.29, 0.717) is 17.9 Å². The van der Waals surface area contributed by atoms with E-state index >= 15 is 0 Å². The fourth-order valence-electron chi connectivity index (χ4n) is 6.45. The number of fused-ring (bicyclic) bond motifs is 1. The molecule has 3 heterocycles. The molecule has 0 spiro atoms. The molecule has 0 amide bonds. The van der Waals surface area contributed by atoms with E-state index in [9.17, 15) is 5.11 Å². The lowest BCUT2D eigenvalue weighted by Crippen LogP contribution is -2.31. The van der Waals surface area contributed by atoms with E-state index < -0.39 is 0 Å². The van der Waals surface area contributed by atoms with Crippen molar-refractivity contribution in [1.29, 1.82) is 0 Å². The molecule has 1 saturated heterocycles. The molecule has 1 N–H and O–H groups in total. The number of aliphatic imine (C=N–C) groups is 1. The monoisotopic (exact) mass is 463 g/mol. The molecule has 1 aromatic heterocycles. The Labute approximate surface area is 205 Å². The minimum atomic E-state index is -0.176. The predicted molar refractivity (Wildman–Crippen MR) is 137 cm³/mol. The van der Waals surface area contributed by atoms with E-state index in [2.05, 4.69) is 29.7 Å². The van der Waals surface area contributed by atoms with Crippen molar-refractivity contribution in [3.8, 4) is 0 Å². The smallest absolute Gasteiger partial charge is 0.107 e. The van der Waals surface area contributed by atoms with E-state index in [4.69, 9.17) is 14.7 Å². The summed E-state index contributed by atoms with van der Waals surface area (Å²) in [6, 6.07) is 4.47. The van der Waals surface area contributed by atoms with Crippen LogP contribution in [0, 0.1) is 11.8 Å². The van der Waals surface area contributed by atoms with Crippen LogP contribution in [0.2, 0.25) is 0 Å². The van der Waals surface area contributed by atoms with Crippen molar-refractivity contribution in [3.05, 3.63) is 54.1 Å². The number of aromatic nitrogens is 1. The van der Waals surface area contributed by atoms with Gasteiger partial charge in [-0.05, 0) is 74.5 Å². The van der Waals surface area contributed by atoms with Gasteiger partial charge in [-0.3, -0.25) is 14.9 Å². The second-order valence-corrected chi connectivity index (χ2v) is 10.9. The third kappa shape index (κ3) is 5.46. The Morgan fingerprint density at radius 1 is 1.21 bits per heavy atom. The van der Waals surface area contributed by atoms with Gasteiger partial charge in [0.2, 0.25) is 0 Å². The molecule has 5 atom stereocenters. The van der Waals surface area contributed by atoms with Gasteiger partial charge in [-0.2, -0.15) is 0 Å². The van der Waals surface area contributed by atoms with Gasteiger partial charge in [0.05, 0.1) is 18.2 Å². The Morgan fingerprint density at radius 2 is 2.12 bits per heavy atom. The normalized spacial score (nSPS) is 30.1. The maximum atomic E-state index is 10.5. The zero-order valence-electron chi connectivity index (χ0n) is 20.5. The Bertz CT molecular complexity index is 893. The lowest BCUT2D eigenvalue weighted by atomic mass is 9.76. The molecule has 3 unspecified atom stereocenters. The number of aliphatic hydroxyl groups is 1. The first kappa shape index (κ1) is 23.7. The van der Waals surface area contributed by atoms with E-state index in [1.165, 1.54) is 51.4 Å². The van der Waals surface area contributed by atoms with Crippen LogP contribution in [0.25, 0.3) is 0 Å². The van der Waals surface area contributed by atoms with Gasteiger partial charge in [-0.15, -0.1) is 0 Å². The average Bonchev–Trinajstić information content (AvgIpc) is 3.27. The highest BCUT2D eigenvalue weighted by Gasteiger charge is 2.35. The summed E-state index contributed by atoms with van der Waals surface area (Å²) in [4.78, 5) is 11.7. The van der Waals surface area contributed by atoms with E-state index in [1.807, 2.05) is 18.5 Å². The summed E-state index contributed by atoms with van der Waals surface area (Å²) in [7, 11) is 0. The number of pyridine rings is 1. The number of allylic oxidation sites excluding steroid dienone is 1. The van der Waals surface area contributed by atoms with E-state index in [0.717, 1.165) is 49.7 Å². The topological polar surface area (TPSA) is 58.0 Å². The van der Waals surface area contributed by atoms with Crippen LogP contribution < -0.4 is 0 Å². The number of hydrogen-bond acceptors (Lipinski definition) is 5. The summed E-state index contributed by atoms with van der Waals surface area (Å²) >= 11 is 0. The molecule has 0 aromatic carbocycles. The summed E-state index contributed by atoms with van der Waals surface area (Å²) in [5, 5.41) is 10.5. The Hall–Kier alpha value is -1.98. The number of nitrogens with zero attached hydrogens (tertiary/aromatic N) is 3. The highest BCUT2D eigenvalue weighted by atomic mass is 16.5. The molecule has 0 radical (unpaired) electrons. The largest absolute Gasteiger partial charge is 0.511 e. The van der Waals surface area contributed by atoms with Gasteiger partial charge >= 0.3 is 0 Å². The van der Waals surface area contributed by atoms with Crippen LogP contribution in [-0.2, 0) is 4.74 Å². The number of aliphatic hydroxyl groups excluding tert-OH is 1. The lowest BCUT2D eigenvalue weighted by Gasteiger charge is -2.33. The highest BCUT2D eigenvalue weighted by molar-refractivity contribution is 5.72. The fourth-order valence-corrected chi connectivity index (χ4v) is 6.45. The molecule has 5 heteroatoms. The van der Waals surface area contributed by atoms with Crippen molar-refractivity contribution in [1.82, 2.24) is 9.88 Å². The van der Waals surface area contributed by atoms with E-state index in [1.54, 1.807) is 0 Å². The molecule has 5 nitrogen and oxygen atoms in total. The molecular formula is C29H41N3O2. The van der Waals surface area contributed by atoms with Crippen LogP contribution in [0.5, 0.6) is 0 Å². The maximum absolute atomic E-state index is 10.5. The first-order valence-corrected chi connectivity index (χ1v) is 13.6. The van der Waals surface area contributed by atoms with Crippen molar-refractivity contribution < 1.29 is 9.84 Å². The highest BCUT2D eigenvalue weighted by Crippen LogP contribution is 2.41. The van der Waals surface area contributed by atoms with Gasteiger partial charge in [0.15, 0.2) is 0 Å². The van der Waals surface area contributed by atoms with Crippen LogP contribution in [0.3, 0.4) is 0 Å². The van der Waals surface area contributed by atoms with Gasteiger partial charge < -0.3 is 9.84 Å². The number of likely N-dealkylation sites (tertiary alicyclic amines) is 1. The third-order valence-electron chi connectivity index (χ3n) is 8.57. The Balaban J connectivity index is 1.06. The molecule has 4 aliphatic rings. The maximum Gasteiger partial charge on any atom is 0.107 e. The SMILES string of the molecule is C=C(O)C(c1cccnc1C1CCC1)N1CC[C@@H](OCCCC[C@H]2CCC3C=CC=NC3C2)C1. The van der Waals surface area contributed by atoms with Crippen molar-refractivity contribution in [3.63, 3.8) is 0 Å². The molecule has 2 saturated carbocycles. The summed E-state index contributed by atoms with van der Waals surface area (Å²) < 4.78 is 6.28. The molecule has 184 valence electrons. The molecular weight excluding hydrogens is 422 g/mol. The van der Waals surface area contributed by atoms with Crippen LogP contribution in [0.1, 0.15) is 87.4 Å². The quantitative estimate of drug-likeness (QED) is 0.334. The summed E-state index contributed by atoms with van der Waals surface area (Å²) in [6.07, 6.45) is 20.9. The van der Waals surface area contributed by atoms with Gasteiger partial charge in [-0.25, -0.2) is 0 Å². The van der Waals surface area contributed by atoms with E-state index in [-0.39, 0.29) is 17.9 Å². The standard InChI is InChI=1S/C29H41N3O2/c1-21(33)29(26-11-6-16-31-28(26)24-8-4-9-24)32-17-14-25(20-32)34-18-3-2-7-22-12-13-23-10-5-15-30-27(23)19-22/h5-6,10-11,15-16,22-25,27,29,33H,1-4,7-9,12-14,17-20H2/t22-,23?,25+,27?,29?/m0/s1.